The van der Waals surface area contributed by atoms with Crippen LogP contribution in [0, 0.1) is 11.8 Å². The van der Waals surface area contributed by atoms with Crippen LogP contribution in [0.15, 0.2) is 29.3 Å². The highest BCUT2D eigenvalue weighted by atomic mass is 32.2. The number of aliphatic hydroxyl groups is 1. The van der Waals surface area contributed by atoms with Gasteiger partial charge in [-0.05, 0) is 71.1 Å². The Hall–Kier alpha value is -3.86. The lowest BCUT2D eigenvalue weighted by Gasteiger charge is -2.39. The monoisotopic (exact) mass is 703 g/mol. The number of esters is 2. The third kappa shape index (κ3) is 8.22. The van der Waals surface area contributed by atoms with E-state index in [4.69, 9.17) is 14.2 Å². The zero-order chi connectivity index (χ0) is 35.8. The molecule has 1 aliphatic carbocycles. The van der Waals surface area contributed by atoms with E-state index in [1.807, 2.05) is 0 Å². The number of fused-ring (bicyclic) bond motifs is 1. The van der Waals surface area contributed by atoms with Gasteiger partial charge in [0.05, 0.1) is 25.8 Å². The number of aryl methyl sites for hydroxylation is 1. The number of methoxy groups -OCH3 is 1. The van der Waals surface area contributed by atoms with Crippen molar-refractivity contribution in [1.29, 1.82) is 0 Å². The number of aromatic nitrogens is 2. The molecule has 2 heterocycles. The first kappa shape index (κ1) is 37.0. The number of anilines is 1. The third-order valence-electron chi connectivity index (χ3n) is 8.27. The molecule has 17 heteroatoms. The number of benzene rings is 1. The van der Waals surface area contributed by atoms with Crippen LogP contribution in [-0.4, -0.2) is 84.8 Å². The van der Waals surface area contributed by atoms with Crippen molar-refractivity contribution in [2.75, 3.05) is 24.6 Å². The molecule has 0 bridgehead atoms. The first-order valence-corrected chi connectivity index (χ1v) is 16.8. The van der Waals surface area contributed by atoms with Crippen molar-refractivity contribution in [3.8, 4) is 11.6 Å². The molecule has 0 unspecified atom stereocenters. The molecule has 2 aliphatic rings. The number of nitrogens with zero attached hydrogens (tertiary/aromatic N) is 3. The first-order chi connectivity index (χ1) is 22.2. The summed E-state index contributed by atoms with van der Waals surface area (Å²) >= 11 is 0. The molecular weight excluding hydrogens is 663 g/mol. The van der Waals surface area contributed by atoms with E-state index in [0.29, 0.717) is 0 Å². The van der Waals surface area contributed by atoms with Crippen molar-refractivity contribution in [1.82, 2.24) is 9.78 Å². The van der Waals surface area contributed by atoms with Crippen LogP contribution in [-0.2, 0) is 46.8 Å². The second-order valence-electron chi connectivity index (χ2n) is 12.9. The first-order valence-electron chi connectivity index (χ1n) is 15.3. The zero-order valence-corrected chi connectivity index (χ0v) is 28.3. The highest BCUT2D eigenvalue weighted by Crippen LogP contribution is 2.47. The van der Waals surface area contributed by atoms with Gasteiger partial charge < -0.3 is 24.1 Å². The molecule has 266 valence electrons. The number of rotatable bonds is 14. The summed E-state index contributed by atoms with van der Waals surface area (Å²) in [5.74, 6) is -3.16. The van der Waals surface area contributed by atoms with Gasteiger partial charge in [-0.2, -0.15) is 13.2 Å². The summed E-state index contributed by atoms with van der Waals surface area (Å²) in [7, 11) is -3.44. The van der Waals surface area contributed by atoms with E-state index < -0.39 is 75.1 Å². The fraction of sp³-hybridized carbons (Fsp3) is 0.613. The second-order valence-corrected chi connectivity index (χ2v) is 14.7. The van der Waals surface area contributed by atoms with Crippen LogP contribution in [0.2, 0.25) is 0 Å². The van der Waals surface area contributed by atoms with E-state index in [-0.39, 0.29) is 48.3 Å². The molecule has 1 aromatic heterocycles. The molecule has 1 fully saturated rings. The Morgan fingerprint density at radius 1 is 1.12 bits per heavy atom. The molecule has 4 rings (SSSR count). The maximum absolute atomic E-state index is 14.5. The van der Waals surface area contributed by atoms with Crippen molar-refractivity contribution >= 4 is 33.4 Å². The number of carbonyl (C=O) groups excluding carboxylic acids is 3. The Morgan fingerprint density at radius 3 is 2.35 bits per heavy atom. The lowest BCUT2D eigenvalue weighted by atomic mass is 9.86. The summed E-state index contributed by atoms with van der Waals surface area (Å²) in [6.45, 7) is 5.19. The van der Waals surface area contributed by atoms with Gasteiger partial charge in [0.15, 0.2) is 17.3 Å². The lowest BCUT2D eigenvalue weighted by molar-refractivity contribution is -0.257. The van der Waals surface area contributed by atoms with Crippen molar-refractivity contribution in [3.63, 3.8) is 0 Å². The van der Waals surface area contributed by atoms with Gasteiger partial charge in [0, 0.05) is 25.1 Å². The Morgan fingerprint density at radius 2 is 1.79 bits per heavy atom. The van der Waals surface area contributed by atoms with Crippen LogP contribution in [0.1, 0.15) is 59.4 Å². The summed E-state index contributed by atoms with van der Waals surface area (Å²) in [6.07, 6.45) is -3.61. The Bertz CT molecular complexity index is 1650. The minimum absolute atomic E-state index is 0.0280. The molecule has 1 saturated carbocycles. The van der Waals surface area contributed by atoms with E-state index in [2.05, 4.69) is 9.84 Å². The number of ketones is 1. The van der Waals surface area contributed by atoms with E-state index >= 15 is 0 Å². The predicted octanol–water partition coefficient (Wildman–Crippen LogP) is 3.59. The molecule has 0 saturated heterocycles. The number of ether oxygens (including phenoxy) is 4. The van der Waals surface area contributed by atoms with Gasteiger partial charge in [-0.3, -0.25) is 18.6 Å². The molecule has 2 atom stereocenters. The van der Waals surface area contributed by atoms with E-state index in [1.165, 1.54) is 42.9 Å². The van der Waals surface area contributed by atoms with Crippen molar-refractivity contribution in [3.05, 3.63) is 30.0 Å². The van der Waals surface area contributed by atoms with E-state index in [0.717, 1.165) is 38.1 Å². The molecule has 1 aliphatic heterocycles. The molecule has 0 amide bonds. The topological polar surface area (TPSA) is 164 Å². The molecular formula is C31H40F3N3O10S. The number of carbonyl (C=O) groups is 3. The minimum atomic E-state index is -4.83. The number of sulfonamides is 1. The SMILES string of the molecule is CCn1cc(S(=O)(=O)N2C[C@H]([C@H](CC(=O)C(C)(C)O)C3CC3)Oc3ccc(CC(=O)OC(C)(C)C(F)(F)F)cc32)c(OCC(=O)OC)n1. The highest BCUT2D eigenvalue weighted by molar-refractivity contribution is 7.93. The van der Waals surface area contributed by atoms with E-state index in [1.54, 1.807) is 6.92 Å². The Labute approximate surface area is 276 Å². The third-order valence-corrected chi connectivity index (χ3v) is 10.0. The lowest BCUT2D eigenvalue weighted by Crippen LogP contribution is -2.48. The van der Waals surface area contributed by atoms with Gasteiger partial charge in [0.2, 0.25) is 5.60 Å². The van der Waals surface area contributed by atoms with Crippen molar-refractivity contribution in [2.24, 2.45) is 11.8 Å². The van der Waals surface area contributed by atoms with Gasteiger partial charge in [0.25, 0.3) is 15.9 Å². The largest absolute Gasteiger partial charge is 0.486 e. The smallest absolute Gasteiger partial charge is 0.427 e. The van der Waals surface area contributed by atoms with Crippen molar-refractivity contribution in [2.45, 2.75) is 95.2 Å². The summed E-state index contributed by atoms with van der Waals surface area (Å²) in [4.78, 5) is 36.9. The molecule has 2 aromatic rings. The van der Waals surface area contributed by atoms with Crippen LogP contribution >= 0.6 is 0 Å². The summed E-state index contributed by atoms with van der Waals surface area (Å²) in [5.41, 5.74) is -4.28. The highest BCUT2D eigenvalue weighted by Gasteiger charge is 2.51. The predicted molar refractivity (Wildman–Crippen MR) is 163 cm³/mol. The number of alkyl halides is 3. The van der Waals surface area contributed by atoms with E-state index in [9.17, 15) is 41.1 Å². The fourth-order valence-electron chi connectivity index (χ4n) is 5.14. The van der Waals surface area contributed by atoms with Crippen LogP contribution in [0.3, 0.4) is 0 Å². The fourth-order valence-corrected chi connectivity index (χ4v) is 6.70. The summed E-state index contributed by atoms with van der Waals surface area (Å²) < 4.78 is 92.3. The molecule has 0 spiro atoms. The van der Waals surface area contributed by atoms with Crippen LogP contribution in [0.25, 0.3) is 0 Å². The van der Waals surface area contributed by atoms with Crippen LogP contribution in [0.5, 0.6) is 11.6 Å². The molecule has 0 radical (unpaired) electrons. The standard InChI is InChI=1S/C31H40F3N3O10S/c1-7-36-16-24(28(35-36)45-17-27(40)44-6)48(42,43)37-15-23(20(19-9-10-19)14-25(38)29(2,3)41)46-22-11-8-18(12-21(22)37)13-26(39)47-30(4,5)31(32,33)34/h8,11-12,16,19-20,23,41H,7,9-10,13-15,17H2,1-6H3/t20-,23-/m1/s1. The number of hydrogen-bond donors (Lipinski definition) is 1. The number of Topliss-reactive ketones (excluding diaryl/α,β-unsaturated/α-hetero) is 1. The van der Waals surface area contributed by atoms with Gasteiger partial charge in [-0.15, -0.1) is 5.10 Å². The molecule has 13 nitrogen and oxygen atoms in total. The summed E-state index contributed by atoms with van der Waals surface area (Å²) in [6, 6.07) is 4.10. The zero-order valence-electron chi connectivity index (χ0n) is 27.5. The Kier molecular flexibility index (Phi) is 10.4. The van der Waals surface area contributed by atoms with Gasteiger partial charge in [-0.25, -0.2) is 13.2 Å². The van der Waals surface area contributed by atoms with Crippen LogP contribution in [0.4, 0.5) is 18.9 Å². The summed E-state index contributed by atoms with van der Waals surface area (Å²) in [5, 5.41) is 14.5. The molecule has 1 N–H and O–H groups in total. The maximum atomic E-state index is 14.5. The second kappa shape index (κ2) is 13.6. The maximum Gasteiger partial charge on any atom is 0.427 e. The minimum Gasteiger partial charge on any atom is -0.486 e. The number of halogens is 3. The Balaban J connectivity index is 1.76. The average molecular weight is 704 g/mol. The number of hydrogen-bond acceptors (Lipinski definition) is 11. The van der Waals surface area contributed by atoms with Crippen LogP contribution < -0.4 is 13.8 Å². The molecule has 48 heavy (non-hydrogen) atoms. The van der Waals surface area contributed by atoms with Gasteiger partial charge in [0.1, 0.15) is 17.5 Å². The van der Waals surface area contributed by atoms with Crippen molar-refractivity contribution < 1.29 is 60.0 Å². The van der Waals surface area contributed by atoms with Gasteiger partial charge in [-0.1, -0.05) is 6.07 Å². The normalized spacial score (nSPS) is 17.6. The quantitative estimate of drug-likeness (QED) is 0.286. The van der Waals surface area contributed by atoms with Gasteiger partial charge >= 0.3 is 18.1 Å². The average Bonchev–Trinajstić information content (AvgIpc) is 3.74. The molecule has 1 aromatic carbocycles.